The molecular formula is C70H61N. The molecular weight excluding hydrogens is 855 g/mol. The van der Waals surface area contributed by atoms with Crippen LogP contribution in [0.25, 0.3) is 60.9 Å². The third-order valence-electron chi connectivity index (χ3n) is 13.3. The van der Waals surface area contributed by atoms with Crippen LogP contribution in [-0.4, -0.2) is 0 Å². The Morgan fingerprint density at radius 1 is 0.577 bits per heavy atom. The fourth-order valence-corrected chi connectivity index (χ4v) is 9.41. The monoisotopic (exact) mass is 915 g/mol. The quantitative estimate of drug-likeness (QED) is 0.0953. The average Bonchev–Trinajstić information content (AvgIpc) is 3.64. The van der Waals surface area contributed by atoms with Gasteiger partial charge in [-0.25, -0.2) is 0 Å². The molecule has 1 nitrogen and oxygen atoms in total. The van der Waals surface area contributed by atoms with Gasteiger partial charge in [-0.1, -0.05) is 243 Å². The first-order chi connectivity index (χ1) is 35.0. The lowest BCUT2D eigenvalue weighted by atomic mass is 9.88. The zero-order valence-electron chi connectivity index (χ0n) is 40.8. The van der Waals surface area contributed by atoms with Crippen LogP contribution in [0.3, 0.4) is 0 Å². The summed E-state index contributed by atoms with van der Waals surface area (Å²) in [5.74, 6) is 0. The SMILES string of the molecule is C=C/C(C)=C/C=C\C=C/C/C(=C/C=C/Nc1ccc(C2=C3C/C=C\C=C/C(=C)C3=CCC=C2)cc1)CCc1ccc(-c2cc(-c3ccccc3)cc(-c3ccc(-c4ccccc4)cc3)c2)c2ccccc12. The summed E-state index contributed by atoms with van der Waals surface area (Å²) in [6.07, 6.45) is 38.8. The van der Waals surface area contributed by atoms with Gasteiger partial charge in [0.15, 0.2) is 0 Å². The molecule has 2 aliphatic rings. The molecule has 9 rings (SSSR count). The smallest absolute Gasteiger partial charge is 0.0380 e. The Morgan fingerprint density at radius 3 is 1.96 bits per heavy atom. The topological polar surface area (TPSA) is 12.0 Å². The molecule has 0 aromatic heterocycles. The number of rotatable bonds is 16. The van der Waals surface area contributed by atoms with Crippen LogP contribution in [0.5, 0.6) is 0 Å². The number of benzene rings is 7. The summed E-state index contributed by atoms with van der Waals surface area (Å²) in [6, 6.07) is 59.8. The van der Waals surface area contributed by atoms with E-state index in [9.17, 15) is 0 Å². The standard InChI is InChI=1S/C70H61N/c1-4-52(2)23-10-5-6-12-25-54(26-22-48-71-64-45-42-60(43-46-64)66-32-19-18-31-65-53(3)24-11-7-17-34-69(65)66)36-37-59-44-47-68(70-35-21-20-33-67(59)70)63-50-61(56-29-15-9-16-30-56)49-62(51-63)58-40-38-57(39-41-58)55-27-13-8-14-28-55/h4-17,19-24,26-33,35,38-51,71H,1,3,18,25,34,36-37H2,2H3/b10-5-,12-6-,17-7-,24-11-,48-22+,52-23+,54-26-. The Balaban J connectivity index is 0.964. The van der Waals surface area contributed by atoms with Gasteiger partial charge in [-0.05, 0) is 164 Å². The van der Waals surface area contributed by atoms with Crippen molar-refractivity contribution < 1.29 is 0 Å². The summed E-state index contributed by atoms with van der Waals surface area (Å²) in [7, 11) is 0. The zero-order chi connectivity index (χ0) is 48.6. The molecule has 0 fully saturated rings. The largest absolute Gasteiger partial charge is 0.362 e. The Labute approximate surface area is 422 Å². The summed E-state index contributed by atoms with van der Waals surface area (Å²) in [6.45, 7) is 10.3. The first-order valence-corrected chi connectivity index (χ1v) is 24.8. The van der Waals surface area contributed by atoms with E-state index in [1.165, 1.54) is 88.7 Å². The van der Waals surface area contributed by atoms with Gasteiger partial charge in [-0.3, -0.25) is 0 Å². The Hall–Kier alpha value is -8.52. The van der Waals surface area contributed by atoms with Crippen LogP contribution in [-0.2, 0) is 6.42 Å². The summed E-state index contributed by atoms with van der Waals surface area (Å²) < 4.78 is 0. The van der Waals surface area contributed by atoms with Gasteiger partial charge in [0.25, 0.3) is 0 Å². The van der Waals surface area contributed by atoms with Crippen molar-refractivity contribution in [3.63, 3.8) is 0 Å². The van der Waals surface area contributed by atoms with E-state index in [4.69, 9.17) is 0 Å². The highest BCUT2D eigenvalue weighted by atomic mass is 14.8. The molecule has 346 valence electrons. The molecule has 0 saturated heterocycles. The predicted molar refractivity (Wildman–Crippen MR) is 309 cm³/mol. The molecule has 0 amide bonds. The second-order valence-corrected chi connectivity index (χ2v) is 18.1. The maximum atomic E-state index is 4.37. The van der Waals surface area contributed by atoms with Gasteiger partial charge in [0, 0.05) is 11.9 Å². The van der Waals surface area contributed by atoms with Gasteiger partial charge in [-0.2, -0.15) is 0 Å². The average molecular weight is 916 g/mol. The van der Waals surface area contributed by atoms with E-state index in [1.807, 2.05) is 12.3 Å². The number of allylic oxidation sites excluding steroid dienone is 21. The molecule has 0 unspecified atom stereocenters. The van der Waals surface area contributed by atoms with Gasteiger partial charge in [0.05, 0.1) is 0 Å². The summed E-state index contributed by atoms with van der Waals surface area (Å²) in [5, 5.41) is 6.09. The minimum Gasteiger partial charge on any atom is -0.362 e. The Bertz CT molecular complexity index is 3340. The van der Waals surface area contributed by atoms with Gasteiger partial charge in [0.1, 0.15) is 0 Å². The van der Waals surface area contributed by atoms with Crippen molar-refractivity contribution in [2.75, 3.05) is 5.32 Å². The third kappa shape index (κ3) is 12.2. The highest BCUT2D eigenvalue weighted by Crippen LogP contribution is 2.39. The van der Waals surface area contributed by atoms with Crippen LogP contribution in [0.4, 0.5) is 5.69 Å². The number of anilines is 1. The van der Waals surface area contributed by atoms with Crippen molar-refractivity contribution in [2.24, 2.45) is 0 Å². The molecule has 0 saturated carbocycles. The maximum Gasteiger partial charge on any atom is 0.0380 e. The predicted octanol–water partition coefficient (Wildman–Crippen LogP) is 19.3. The van der Waals surface area contributed by atoms with E-state index in [-0.39, 0.29) is 0 Å². The van der Waals surface area contributed by atoms with E-state index in [2.05, 4.69) is 274 Å². The maximum absolute atomic E-state index is 4.37. The zero-order valence-corrected chi connectivity index (χ0v) is 40.8. The molecule has 0 aliphatic heterocycles. The van der Waals surface area contributed by atoms with Crippen LogP contribution in [0.1, 0.15) is 43.7 Å². The number of nitrogens with one attached hydrogen (secondary N) is 1. The molecule has 0 spiro atoms. The van der Waals surface area contributed by atoms with Crippen molar-refractivity contribution in [2.45, 2.75) is 39.0 Å². The minimum absolute atomic E-state index is 0.851. The van der Waals surface area contributed by atoms with E-state index in [1.54, 1.807) is 0 Å². The third-order valence-corrected chi connectivity index (χ3v) is 13.3. The first-order valence-electron chi connectivity index (χ1n) is 24.8. The molecule has 0 radical (unpaired) electrons. The molecule has 1 heteroatoms. The lowest BCUT2D eigenvalue weighted by Gasteiger charge is -2.17. The van der Waals surface area contributed by atoms with Gasteiger partial charge in [-0.15, -0.1) is 0 Å². The minimum atomic E-state index is 0.851. The Kier molecular flexibility index (Phi) is 15.8. The van der Waals surface area contributed by atoms with Crippen LogP contribution in [0, 0.1) is 0 Å². The molecule has 0 heterocycles. The van der Waals surface area contributed by atoms with Gasteiger partial charge >= 0.3 is 0 Å². The molecule has 71 heavy (non-hydrogen) atoms. The summed E-state index contributed by atoms with van der Waals surface area (Å²) in [5.41, 5.74) is 20.7. The second kappa shape index (κ2) is 23.7. The first kappa shape index (κ1) is 47.5. The van der Waals surface area contributed by atoms with Crippen molar-refractivity contribution >= 4 is 22.0 Å². The van der Waals surface area contributed by atoms with E-state index in [0.29, 0.717) is 0 Å². The van der Waals surface area contributed by atoms with Crippen LogP contribution in [0.15, 0.2) is 302 Å². The van der Waals surface area contributed by atoms with Gasteiger partial charge < -0.3 is 5.32 Å². The number of aryl methyl sites for hydroxylation is 1. The lowest BCUT2D eigenvalue weighted by Crippen LogP contribution is -1.97. The van der Waals surface area contributed by atoms with E-state index < -0.39 is 0 Å². The van der Waals surface area contributed by atoms with Crippen LogP contribution < -0.4 is 5.32 Å². The summed E-state index contributed by atoms with van der Waals surface area (Å²) in [4.78, 5) is 0. The molecule has 0 atom stereocenters. The molecule has 2 aliphatic carbocycles. The normalized spacial score (nSPS) is 15.2. The van der Waals surface area contributed by atoms with Crippen LogP contribution >= 0.6 is 0 Å². The fraction of sp³-hybridized carbons (Fsp3) is 0.0857. The Morgan fingerprint density at radius 2 is 1.23 bits per heavy atom. The summed E-state index contributed by atoms with van der Waals surface area (Å²) >= 11 is 0. The molecule has 0 bridgehead atoms. The molecule has 1 N–H and O–H groups in total. The van der Waals surface area contributed by atoms with Crippen molar-refractivity contribution in [1.29, 1.82) is 0 Å². The lowest BCUT2D eigenvalue weighted by molar-refractivity contribution is 0.917. The molecule has 7 aromatic rings. The number of hydrogen-bond donors (Lipinski definition) is 1. The second-order valence-electron chi connectivity index (χ2n) is 18.1. The van der Waals surface area contributed by atoms with Gasteiger partial charge in [0.2, 0.25) is 0 Å². The fourth-order valence-electron chi connectivity index (χ4n) is 9.41. The number of hydrogen-bond acceptors (Lipinski definition) is 1. The van der Waals surface area contributed by atoms with Crippen molar-refractivity contribution in [3.8, 4) is 44.5 Å². The number of fused-ring (bicyclic) bond motifs is 2. The van der Waals surface area contributed by atoms with E-state index >= 15 is 0 Å². The van der Waals surface area contributed by atoms with E-state index in [0.717, 1.165) is 48.9 Å². The van der Waals surface area contributed by atoms with Crippen molar-refractivity contribution in [1.82, 2.24) is 0 Å². The molecule has 7 aromatic carbocycles. The highest BCUT2D eigenvalue weighted by molar-refractivity contribution is 6.00. The highest BCUT2D eigenvalue weighted by Gasteiger charge is 2.16. The van der Waals surface area contributed by atoms with Crippen LogP contribution in [0.2, 0.25) is 0 Å². The van der Waals surface area contributed by atoms with Crippen molar-refractivity contribution in [3.05, 3.63) is 313 Å².